The molecule has 0 atom stereocenters. The van der Waals surface area contributed by atoms with Crippen LogP contribution in [0.3, 0.4) is 0 Å². The molecule has 16 heavy (non-hydrogen) atoms. The lowest BCUT2D eigenvalue weighted by Crippen LogP contribution is -2.23. The summed E-state index contributed by atoms with van der Waals surface area (Å²) >= 11 is 1.28. The zero-order valence-corrected chi connectivity index (χ0v) is 10.0. The fourth-order valence-corrected chi connectivity index (χ4v) is 2.30. The summed E-state index contributed by atoms with van der Waals surface area (Å²) < 4.78 is 15.7. The predicted octanol–water partition coefficient (Wildman–Crippen LogP) is 1.19. The molecule has 0 aromatic carbocycles. The molecule has 1 aromatic heterocycles. The molecule has 1 aliphatic rings. The van der Waals surface area contributed by atoms with Crippen LogP contribution in [0.4, 0.5) is 0 Å². The lowest BCUT2D eigenvalue weighted by Gasteiger charge is -2.19. The van der Waals surface area contributed by atoms with Gasteiger partial charge in [0.1, 0.15) is 12.3 Å². The fraction of sp³-hybridized carbons (Fsp3) is 0.600. The van der Waals surface area contributed by atoms with Crippen molar-refractivity contribution in [2.24, 2.45) is 0 Å². The Hall–Kier alpha value is -0.820. The first kappa shape index (κ1) is 11.7. The van der Waals surface area contributed by atoms with Crippen LogP contribution in [0.25, 0.3) is 0 Å². The first-order valence-electron chi connectivity index (χ1n) is 4.92. The van der Waals surface area contributed by atoms with Crippen molar-refractivity contribution in [3.8, 4) is 0 Å². The minimum absolute atomic E-state index is 0.0470. The van der Waals surface area contributed by atoms with Crippen LogP contribution in [-0.2, 0) is 20.0 Å². The van der Waals surface area contributed by atoms with Crippen LogP contribution in [0.1, 0.15) is 22.4 Å². The van der Waals surface area contributed by atoms with E-state index in [1.54, 1.807) is 12.3 Å². The molecule has 1 fully saturated rings. The number of carbonyl (C=O) groups excluding carboxylic acids is 1. The zero-order chi connectivity index (χ0) is 11.6. The number of ketones is 1. The van der Waals surface area contributed by atoms with Crippen molar-refractivity contribution < 1.29 is 19.0 Å². The van der Waals surface area contributed by atoms with E-state index in [2.05, 4.69) is 4.98 Å². The number of hydrogen-bond acceptors (Lipinski definition) is 6. The van der Waals surface area contributed by atoms with Crippen molar-refractivity contribution in [2.75, 3.05) is 26.9 Å². The third-order valence-corrected chi connectivity index (χ3v) is 3.21. The normalized spacial score (nSPS) is 18.9. The van der Waals surface area contributed by atoms with E-state index in [9.17, 15) is 4.79 Å². The average Bonchev–Trinajstić information content (AvgIpc) is 2.86. The molecular weight excluding hydrogens is 230 g/mol. The highest BCUT2D eigenvalue weighted by molar-refractivity contribution is 7.11. The van der Waals surface area contributed by atoms with E-state index in [1.165, 1.54) is 18.4 Å². The fourth-order valence-electron chi connectivity index (χ4n) is 1.47. The Balaban J connectivity index is 2.16. The molecular formula is C10H13NO4S. The van der Waals surface area contributed by atoms with E-state index >= 15 is 0 Å². The van der Waals surface area contributed by atoms with Crippen molar-refractivity contribution in [3.05, 3.63) is 16.1 Å². The first-order valence-corrected chi connectivity index (χ1v) is 5.80. The topological polar surface area (TPSA) is 57.7 Å². The van der Waals surface area contributed by atoms with Crippen molar-refractivity contribution >= 4 is 17.1 Å². The lowest BCUT2D eigenvalue weighted by molar-refractivity contribution is -0.152. The molecule has 5 nitrogen and oxygen atoms in total. The monoisotopic (exact) mass is 243 g/mol. The first-order chi connectivity index (χ1) is 7.65. The van der Waals surface area contributed by atoms with Crippen LogP contribution in [-0.4, -0.2) is 37.7 Å². The minimum Gasteiger partial charge on any atom is -0.376 e. The number of carbonyl (C=O) groups is 1. The Morgan fingerprint density at radius 1 is 1.62 bits per heavy atom. The van der Waals surface area contributed by atoms with Gasteiger partial charge in [0.25, 0.3) is 0 Å². The van der Waals surface area contributed by atoms with E-state index in [0.717, 1.165) is 0 Å². The molecule has 6 heteroatoms. The zero-order valence-electron chi connectivity index (χ0n) is 9.19. The average molecular weight is 243 g/mol. The number of ether oxygens (including phenoxy) is 3. The highest BCUT2D eigenvalue weighted by Crippen LogP contribution is 2.31. The smallest absolute Gasteiger partial charge is 0.216 e. The van der Waals surface area contributed by atoms with Gasteiger partial charge in [0.05, 0.1) is 13.2 Å². The standard InChI is InChI=1S/C10H13NO4S/c1-10(14-3-4-15-10)8-6-16-9(11-8)7(12)5-13-2/h6H,3-5H2,1-2H3. The summed E-state index contributed by atoms with van der Waals surface area (Å²) in [5.41, 5.74) is 0.648. The number of thiazole rings is 1. The summed E-state index contributed by atoms with van der Waals surface area (Å²) in [6.07, 6.45) is 0. The van der Waals surface area contributed by atoms with Gasteiger partial charge in [-0.1, -0.05) is 0 Å². The quantitative estimate of drug-likeness (QED) is 0.743. The van der Waals surface area contributed by atoms with Gasteiger partial charge >= 0.3 is 0 Å². The third kappa shape index (κ3) is 2.15. The molecule has 0 aliphatic carbocycles. The van der Waals surface area contributed by atoms with E-state index in [-0.39, 0.29) is 12.4 Å². The van der Waals surface area contributed by atoms with Crippen molar-refractivity contribution in [1.29, 1.82) is 0 Å². The highest BCUT2D eigenvalue weighted by Gasteiger charge is 2.36. The van der Waals surface area contributed by atoms with Crippen LogP contribution < -0.4 is 0 Å². The van der Waals surface area contributed by atoms with Crippen molar-refractivity contribution in [3.63, 3.8) is 0 Å². The molecule has 0 saturated carbocycles. The Morgan fingerprint density at radius 2 is 2.31 bits per heavy atom. The number of methoxy groups -OCH3 is 1. The summed E-state index contributed by atoms with van der Waals surface area (Å²) in [4.78, 5) is 15.7. The van der Waals surface area contributed by atoms with Crippen LogP contribution in [0.5, 0.6) is 0 Å². The van der Waals surface area contributed by atoms with Gasteiger partial charge < -0.3 is 14.2 Å². The summed E-state index contributed by atoms with van der Waals surface area (Å²) in [5.74, 6) is -0.928. The number of Topliss-reactive ketones (excluding diaryl/α,β-unsaturated/α-hetero) is 1. The molecule has 2 rings (SSSR count). The van der Waals surface area contributed by atoms with E-state index in [1.807, 2.05) is 0 Å². The van der Waals surface area contributed by atoms with Crippen LogP contribution in [0.2, 0.25) is 0 Å². The van der Waals surface area contributed by atoms with Gasteiger partial charge in [-0.25, -0.2) is 4.98 Å². The molecule has 0 radical (unpaired) electrons. The third-order valence-electron chi connectivity index (χ3n) is 2.32. The molecule has 0 bridgehead atoms. The second-order valence-corrected chi connectivity index (χ2v) is 4.39. The van der Waals surface area contributed by atoms with E-state index in [4.69, 9.17) is 14.2 Å². The number of hydrogen-bond donors (Lipinski definition) is 0. The number of aromatic nitrogens is 1. The second kappa shape index (κ2) is 4.58. The van der Waals surface area contributed by atoms with Gasteiger partial charge in [0.15, 0.2) is 5.01 Å². The Morgan fingerprint density at radius 3 is 2.94 bits per heavy atom. The summed E-state index contributed by atoms with van der Waals surface area (Å²) in [6, 6.07) is 0. The van der Waals surface area contributed by atoms with Gasteiger partial charge in [-0.15, -0.1) is 11.3 Å². The number of rotatable bonds is 4. The van der Waals surface area contributed by atoms with Gasteiger partial charge in [-0.3, -0.25) is 4.79 Å². The molecule has 1 aliphatic heterocycles. The molecule has 0 spiro atoms. The summed E-state index contributed by atoms with van der Waals surface area (Å²) in [5, 5.41) is 2.21. The SMILES string of the molecule is COCC(=O)c1nc(C2(C)OCCO2)cs1. The molecule has 88 valence electrons. The van der Waals surface area contributed by atoms with Crippen molar-refractivity contribution in [1.82, 2.24) is 4.98 Å². The Kier molecular flexibility index (Phi) is 3.34. The van der Waals surface area contributed by atoms with Gasteiger partial charge in [-0.05, 0) is 6.92 Å². The predicted molar refractivity (Wildman–Crippen MR) is 57.6 cm³/mol. The second-order valence-electron chi connectivity index (χ2n) is 3.54. The Labute approximate surface area is 97.3 Å². The molecule has 1 aromatic rings. The van der Waals surface area contributed by atoms with Gasteiger partial charge in [-0.2, -0.15) is 0 Å². The number of nitrogens with zero attached hydrogens (tertiary/aromatic N) is 1. The molecule has 0 unspecified atom stereocenters. The van der Waals surface area contributed by atoms with Gasteiger partial charge in [0, 0.05) is 12.5 Å². The molecule has 1 saturated heterocycles. The van der Waals surface area contributed by atoms with Gasteiger partial charge in [0.2, 0.25) is 11.6 Å². The summed E-state index contributed by atoms with van der Waals surface area (Å²) in [6.45, 7) is 2.95. The van der Waals surface area contributed by atoms with Crippen LogP contribution in [0.15, 0.2) is 5.38 Å². The van der Waals surface area contributed by atoms with Crippen LogP contribution >= 0.6 is 11.3 Å². The van der Waals surface area contributed by atoms with E-state index in [0.29, 0.717) is 23.9 Å². The maximum absolute atomic E-state index is 11.5. The lowest BCUT2D eigenvalue weighted by atomic mass is 10.2. The highest BCUT2D eigenvalue weighted by atomic mass is 32.1. The maximum atomic E-state index is 11.5. The minimum atomic E-state index is -0.803. The van der Waals surface area contributed by atoms with E-state index < -0.39 is 5.79 Å². The van der Waals surface area contributed by atoms with Crippen LogP contribution in [0, 0.1) is 0 Å². The molecule has 0 amide bonds. The molecule has 2 heterocycles. The molecule has 0 N–H and O–H groups in total. The largest absolute Gasteiger partial charge is 0.376 e. The van der Waals surface area contributed by atoms with Crippen molar-refractivity contribution in [2.45, 2.75) is 12.7 Å². The summed E-state index contributed by atoms with van der Waals surface area (Å²) in [7, 11) is 1.48. The maximum Gasteiger partial charge on any atom is 0.216 e. The Bertz CT molecular complexity index is 384.